The molecule has 0 aliphatic heterocycles. The molecule has 9 heteroatoms. The van der Waals surface area contributed by atoms with E-state index in [1.807, 2.05) is 12.1 Å². The van der Waals surface area contributed by atoms with Gasteiger partial charge in [0, 0.05) is 30.9 Å². The molecule has 2 N–H and O–H groups in total. The molecule has 9 nitrogen and oxygen atoms in total. The summed E-state index contributed by atoms with van der Waals surface area (Å²) in [7, 11) is 3.47. The number of pyridine rings is 1. The molecule has 35 heavy (non-hydrogen) atoms. The smallest absolute Gasteiger partial charge is 0.341 e. The van der Waals surface area contributed by atoms with E-state index in [4.69, 9.17) is 10.00 Å². The number of hydrogen-bond donors (Lipinski definition) is 2. The van der Waals surface area contributed by atoms with Crippen LogP contribution in [0.25, 0.3) is 0 Å². The first-order valence-electron chi connectivity index (χ1n) is 11.5. The predicted molar refractivity (Wildman–Crippen MR) is 135 cm³/mol. The minimum atomic E-state index is -0.464. The van der Waals surface area contributed by atoms with Crippen LogP contribution in [-0.2, 0) is 11.3 Å². The Balaban J connectivity index is 1.74. The first-order chi connectivity index (χ1) is 16.9. The number of nitrogens with zero attached hydrogens (tertiary/aromatic N) is 5. The summed E-state index contributed by atoms with van der Waals surface area (Å²) in [6.45, 7) is 5.19. The number of methoxy groups -OCH3 is 1. The van der Waals surface area contributed by atoms with Crippen molar-refractivity contribution in [3.63, 3.8) is 0 Å². The number of anilines is 3. The van der Waals surface area contributed by atoms with Gasteiger partial charge in [-0.05, 0) is 32.4 Å². The number of aromatic nitrogens is 3. The van der Waals surface area contributed by atoms with Crippen molar-refractivity contribution < 1.29 is 9.53 Å². The van der Waals surface area contributed by atoms with Crippen molar-refractivity contribution in [3.05, 3.63) is 71.8 Å². The van der Waals surface area contributed by atoms with Gasteiger partial charge in [-0.3, -0.25) is 4.90 Å². The van der Waals surface area contributed by atoms with Crippen molar-refractivity contribution in [3.8, 4) is 6.07 Å². The first kappa shape index (κ1) is 25.6. The van der Waals surface area contributed by atoms with Gasteiger partial charge in [0.05, 0.1) is 25.2 Å². The van der Waals surface area contributed by atoms with E-state index in [2.05, 4.69) is 75.6 Å². The zero-order chi connectivity index (χ0) is 25.2. The maximum atomic E-state index is 12.4. The highest BCUT2D eigenvalue weighted by Crippen LogP contribution is 2.24. The topological polar surface area (TPSA) is 116 Å². The molecule has 0 aliphatic carbocycles. The highest BCUT2D eigenvalue weighted by molar-refractivity contribution is 5.95. The molecule has 0 fully saturated rings. The van der Waals surface area contributed by atoms with Gasteiger partial charge >= 0.3 is 5.97 Å². The highest BCUT2D eigenvalue weighted by atomic mass is 16.5. The largest absolute Gasteiger partial charge is 0.465 e. The lowest BCUT2D eigenvalue weighted by atomic mass is 10.0. The van der Waals surface area contributed by atoms with Gasteiger partial charge < -0.3 is 15.4 Å². The fourth-order valence-electron chi connectivity index (χ4n) is 3.66. The number of carbonyl (C=O) groups excluding carboxylic acids is 1. The van der Waals surface area contributed by atoms with Gasteiger partial charge in [0.1, 0.15) is 23.3 Å². The Morgan fingerprint density at radius 3 is 2.51 bits per heavy atom. The minimum Gasteiger partial charge on any atom is -0.465 e. The zero-order valence-corrected chi connectivity index (χ0v) is 20.5. The quantitative estimate of drug-likeness (QED) is 0.391. The maximum Gasteiger partial charge on any atom is 0.341 e. The van der Waals surface area contributed by atoms with Crippen molar-refractivity contribution >= 4 is 23.3 Å². The second-order valence-corrected chi connectivity index (χ2v) is 8.37. The fourth-order valence-corrected chi connectivity index (χ4v) is 3.66. The zero-order valence-electron chi connectivity index (χ0n) is 20.5. The number of carbonyl (C=O) groups is 1. The van der Waals surface area contributed by atoms with Gasteiger partial charge in [0.2, 0.25) is 0 Å². The number of nitriles is 1. The Hall–Kier alpha value is -4.03. The third kappa shape index (κ3) is 7.22. The Morgan fingerprint density at radius 1 is 1.14 bits per heavy atom. The molecular formula is C26H31N7O2. The van der Waals surface area contributed by atoms with Crippen LogP contribution in [0.15, 0.2) is 55.0 Å². The second kappa shape index (κ2) is 12.4. The third-order valence-corrected chi connectivity index (χ3v) is 5.84. The number of ether oxygens (including phenoxy) is 1. The molecule has 0 radical (unpaired) electrons. The Kier molecular flexibility index (Phi) is 9.09. The second-order valence-electron chi connectivity index (χ2n) is 8.37. The molecule has 0 unspecified atom stereocenters. The van der Waals surface area contributed by atoms with E-state index < -0.39 is 5.97 Å². The lowest BCUT2D eigenvalue weighted by Crippen LogP contribution is -2.34. The lowest BCUT2D eigenvalue weighted by molar-refractivity contribution is 0.0601. The minimum absolute atomic E-state index is 0.122. The van der Waals surface area contributed by atoms with Gasteiger partial charge in [-0.2, -0.15) is 5.26 Å². The van der Waals surface area contributed by atoms with Crippen molar-refractivity contribution in [2.75, 3.05) is 24.8 Å². The number of benzene rings is 1. The average molecular weight is 474 g/mol. The predicted octanol–water partition coefficient (Wildman–Crippen LogP) is 4.37. The molecule has 0 bridgehead atoms. The SMILES string of the molecule is CC[C@@H](C[C@H](C)N(C)Cc1ccccc1)Nc1cc(Nc2cnc(C#N)cn2)ncc1C(=O)OC. The van der Waals surface area contributed by atoms with Crippen LogP contribution in [-0.4, -0.2) is 52.1 Å². The lowest BCUT2D eigenvalue weighted by Gasteiger charge is -2.29. The summed E-state index contributed by atoms with van der Waals surface area (Å²) in [5.41, 5.74) is 2.48. The molecule has 1 aromatic carbocycles. The first-order valence-corrected chi connectivity index (χ1v) is 11.5. The van der Waals surface area contributed by atoms with Crippen molar-refractivity contribution in [1.82, 2.24) is 19.9 Å². The summed E-state index contributed by atoms with van der Waals surface area (Å²) >= 11 is 0. The summed E-state index contributed by atoms with van der Waals surface area (Å²) in [4.78, 5) is 27.2. The van der Waals surface area contributed by atoms with Crippen molar-refractivity contribution in [2.45, 2.75) is 45.3 Å². The number of esters is 1. The standard InChI is InChI=1S/C26H31N7O2/c1-5-20(11-18(2)33(3)17-19-9-7-6-8-10-19)31-23-12-24(30-15-22(23)26(34)35-4)32-25-16-28-21(13-27)14-29-25/h6-10,12,14-16,18,20H,5,11,17H2,1-4H3,(H2,29,30,31,32)/t18-,20-/m0/s1. The Labute approximate surface area is 206 Å². The third-order valence-electron chi connectivity index (χ3n) is 5.84. The number of rotatable bonds is 11. The van der Waals surface area contributed by atoms with Crippen molar-refractivity contribution in [1.29, 1.82) is 5.26 Å². The maximum absolute atomic E-state index is 12.4. The molecule has 2 atom stereocenters. The van der Waals surface area contributed by atoms with E-state index >= 15 is 0 Å². The van der Waals surface area contributed by atoms with Crippen LogP contribution in [0.4, 0.5) is 17.3 Å². The molecule has 0 saturated heterocycles. The fraction of sp³-hybridized carbons (Fsp3) is 0.346. The van der Waals surface area contributed by atoms with Crippen LogP contribution < -0.4 is 10.6 Å². The van der Waals surface area contributed by atoms with Crippen LogP contribution in [0.3, 0.4) is 0 Å². The molecule has 3 rings (SSSR count). The number of nitrogens with one attached hydrogen (secondary N) is 2. The summed E-state index contributed by atoms with van der Waals surface area (Å²) in [6.07, 6.45) is 6.07. The van der Waals surface area contributed by atoms with Gasteiger partial charge in [-0.25, -0.2) is 19.7 Å². The van der Waals surface area contributed by atoms with E-state index in [0.29, 0.717) is 28.9 Å². The van der Waals surface area contributed by atoms with Crippen LogP contribution in [0.1, 0.15) is 48.3 Å². The van der Waals surface area contributed by atoms with E-state index in [-0.39, 0.29) is 11.7 Å². The summed E-state index contributed by atoms with van der Waals surface area (Å²) in [6, 6.07) is 14.5. The van der Waals surface area contributed by atoms with E-state index in [9.17, 15) is 4.79 Å². The van der Waals surface area contributed by atoms with E-state index in [1.165, 1.54) is 31.3 Å². The Bertz CT molecular complexity index is 1150. The van der Waals surface area contributed by atoms with Crippen LogP contribution in [0.2, 0.25) is 0 Å². The van der Waals surface area contributed by atoms with E-state index in [1.54, 1.807) is 6.07 Å². The number of hydrogen-bond acceptors (Lipinski definition) is 9. The van der Waals surface area contributed by atoms with Crippen LogP contribution >= 0.6 is 0 Å². The Morgan fingerprint density at radius 2 is 1.89 bits per heavy atom. The van der Waals surface area contributed by atoms with Gasteiger partial charge in [0.15, 0.2) is 5.69 Å². The van der Waals surface area contributed by atoms with Crippen LogP contribution in [0.5, 0.6) is 0 Å². The molecule has 182 valence electrons. The van der Waals surface area contributed by atoms with Gasteiger partial charge in [-0.1, -0.05) is 37.3 Å². The van der Waals surface area contributed by atoms with Gasteiger partial charge in [0.25, 0.3) is 0 Å². The summed E-state index contributed by atoms with van der Waals surface area (Å²) in [5.74, 6) is 0.466. The normalized spacial score (nSPS) is 12.5. The average Bonchev–Trinajstić information content (AvgIpc) is 2.89. The molecule has 2 aromatic heterocycles. The van der Waals surface area contributed by atoms with E-state index in [0.717, 1.165) is 19.4 Å². The molecule has 3 aromatic rings. The molecule has 0 aliphatic rings. The molecular weight excluding hydrogens is 442 g/mol. The molecule has 2 heterocycles. The summed E-state index contributed by atoms with van der Waals surface area (Å²) < 4.78 is 4.96. The highest BCUT2D eigenvalue weighted by Gasteiger charge is 2.20. The molecule has 0 spiro atoms. The van der Waals surface area contributed by atoms with Crippen LogP contribution in [0, 0.1) is 11.3 Å². The van der Waals surface area contributed by atoms with Crippen molar-refractivity contribution in [2.24, 2.45) is 0 Å². The summed E-state index contributed by atoms with van der Waals surface area (Å²) in [5, 5.41) is 15.5. The van der Waals surface area contributed by atoms with Gasteiger partial charge in [-0.15, -0.1) is 0 Å². The molecule has 0 amide bonds. The molecule has 0 saturated carbocycles. The monoisotopic (exact) mass is 473 g/mol.